The zero-order chi connectivity index (χ0) is 15.1. The molecule has 0 aliphatic carbocycles. The highest BCUT2D eigenvalue weighted by molar-refractivity contribution is 5.30. The Balaban J connectivity index is 2.58. The average Bonchev–Trinajstić information content (AvgIpc) is 2.75. The number of aliphatic hydroxyl groups excluding tert-OH is 1. The molecule has 1 aromatic heterocycles. The molecule has 1 rings (SSSR count). The maximum atomic E-state index is 10.3. The zero-order valence-corrected chi connectivity index (χ0v) is 13.3. The molecule has 1 aromatic rings. The van der Waals surface area contributed by atoms with Crippen LogP contribution in [0.25, 0.3) is 0 Å². The minimum absolute atomic E-state index is 0.423. The van der Waals surface area contributed by atoms with Crippen molar-refractivity contribution < 1.29 is 5.11 Å². The van der Waals surface area contributed by atoms with Crippen LogP contribution in [0.3, 0.4) is 0 Å². The van der Waals surface area contributed by atoms with Crippen molar-refractivity contribution in [3.8, 4) is 0 Å². The molecule has 116 valence electrons. The van der Waals surface area contributed by atoms with Gasteiger partial charge in [-0.1, -0.05) is 27.7 Å². The molecule has 0 bridgehead atoms. The highest BCUT2D eigenvalue weighted by Gasteiger charge is 2.20. The van der Waals surface area contributed by atoms with Crippen LogP contribution in [0, 0.1) is 5.92 Å². The summed E-state index contributed by atoms with van der Waals surface area (Å²) in [6, 6.07) is 0.537. The molecule has 0 amide bonds. The quantitative estimate of drug-likeness (QED) is 0.726. The Morgan fingerprint density at radius 2 is 1.95 bits per heavy atom. The molecular weight excluding hydrogens is 252 g/mol. The van der Waals surface area contributed by atoms with Crippen LogP contribution in [-0.4, -0.2) is 45.0 Å². The number of hydrogen-bond donors (Lipinski definition) is 2. The summed E-state index contributed by atoms with van der Waals surface area (Å²) in [4.78, 5) is 2.40. The molecule has 0 aromatic carbocycles. The molecular formula is C15H30N4O. The van der Waals surface area contributed by atoms with Gasteiger partial charge in [-0.15, -0.1) is 0 Å². The number of aliphatic hydroxyl groups is 1. The van der Waals surface area contributed by atoms with E-state index < -0.39 is 6.10 Å². The van der Waals surface area contributed by atoms with Crippen LogP contribution in [-0.2, 0) is 6.54 Å². The number of nitrogens with zero attached hydrogens (tertiary/aromatic N) is 3. The second-order valence-corrected chi connectivity index (χ2v) is 5.97. The van der Waals surface area contributed by atoms with Crippen LogP contribution in [0.4, 0.5) is 5.69 Å². The van der Waals surface area contributed by atoms with Crippen LogP contribution in [0.15, 0.2) is 12.4 Å². The first kappa shape index (κ1) is 17.0. The maximum Gasteiger partial charge on any atom is 0.0862 e. The maximum absolute atomic E-state index is 10.3. The van der Waals surface area contributed by atoms with Crippen molar-refractivity contribution in [2.24, 2.45) is 5.92 Å². The summed E-state index contributed by atoms with van der Waals surface area (Å²) in [7, 11) is 0. The highest BCUT2D eigenvalue weighted by Crippen LogP contribution is 2.13. The third-order valence-corrected chi connectivity index (χ3v) is 3.55. The van der Waals surface area contributed by atoms with Crippen LogP contribution in [0.5, 0.6) is 0 Å². The molecule has 0 saturated carbocycles. The van der Waals surface area contributed by atoms with E-state index in [9.17, 15) is 5.11 Å². The molecule has 0 saturated heterocycles. The van der Waals surface area contributed by atoms with Gasteiger partial charge in [-0.05, 0) is 18.8 Å². The highest BCUT2D eigenvalue weighted by atomic mass is 16.3. The largest absolute Gasteiger partial charge is 0.396 e. The molecule has 1 heterocycles. The molecule has 0 aliphatic heterocycles. The van der Waals surface area contributed by atoms with Crippen LogP contribution in [0.1, 0.15) is 40.5 Å². The van der Waals surface area contributed by atoms with Crippen molar-refractivity contribution in [2.45, 2.75) is 59.2 Å². The fourth-order valence-corrected chi connectivity index (χ4v) is 2.67. The summed E-state index contributed by atoms with van der Waals surface area (Å²) in [5.74, 6) is 0.600. The zero-order valence-electron chi connectivity index (χ0n) is 13.3. The van der Waals surface area contributed by atoms with E-state index in [1.165, 1.54) is 0 Å². The van der Waals surface area contributed by atoms with E-state index in [0.29, 0.717) is 30.7 Å². The summed E-state index contributed by atoms with van der Waals surface area (Å²) >= 11 is 0. The van der Waals surface area contributed by atoms with Gasteiger partial charge in [-0.3, -0.25) is 9.58 Å². The van der Waals surface area contributed by atoms with E-state index in [2.05, 4.69) is 37.7 Å². The lowest BCUT2D eigenvalue weighted by Gasteiger charge is -2.33. The lowest BCUT2D eigenvalue weighted by molar-refractivity contribution is 0.0632. The summed E-state index contributed by atoms with van der Waals surface area (Å²) < 4.78 is 1.71. The van der Waals surface area contributed by atoms with Crippen molar-refractivity contribution in [2.75, 3.05) is 18.8 Å². The normalized spacial score (nSPS) is 13.6. The predicted molar refractivity (Wildman–Crippen MR) is 83.4 cm³/mol. The lowest BCUT2D eigenvalue weighted by atomic mass is 10.1. The average molecular weight is 282 g/mol. The Kier molecular flexibility index (Phi) is 7.02. The third-order valence-electron chi connectivity index (χ3n) is 3.55. The van der Waals surface area contributed by atoms with E-state index in [4.69, 9.17) is 5.73 Å². The number of nitrogens with two attached hydrogens (primary N) is 1. The molecule has 0 fully saturated rings. The summed E-state index contributed by atoms with van der Waals surface area (Å²) in [6.45, 7) is 11.1. The van der Waals surface area contributed by atoms with E-state index in [-0.39, 0.29) is 0 Å². The molecule has 20 heavy (non-hydrogen) atoms. The molecule has 1 unspecified atom stereocenters. The second-order valence-electron chi connectivity index (χ2n) is 5.97. The topological polar surface area (TPSA) is 67.3 Å². The van der Waals surface area contributed by atoms with Crippen molar-refractivity contribution in [1.82, 2.24) is 14.7 Å². The number of nitrogen functional groups attached to an aromatic ring is 1. The van der Waals surface area contributed by atoms with Gasteiger partial charge < -0.3 is 10.8 Å². The lowest BCUT2D eigenvalue weighted by Crippen LogP contribution is -2.43. The summed E-state index contributed by atoms with van der Waals surface area (Å²) in [5, 5.41) is 14.4. The minimum Gasteiger partial charge on any atom is -0.396 e. The molecule has 3 N–H and O–H groups in total. The van der Waals surface area contributed by atoms with E-state index in [0.717, 1.165) is 19.4 Å². The van der Waals surface area contributed by atoms with Gasteiger partial charge in [0.2, 0.25) is 0 Å². The Morgan fingerprint density at radius 3 is 2.40 bits per heavy atom. The van der Waals surface area contributed by atoms with Gasteiger partial charge in [0.25, 0.3) is 0 Å². The summed E-state index contributed by atoms with van der Waals surface area (Å²) in [6.07, 6.45) is 5.18. The van der Waals surface area contributed by atoms with Crippen molar-refractivity contribution >= 4 is 5.69 Å². The molecule has 0 spiro atoms. The molecule has 1 atom stereocenters. The van der Waals surface area contributed by atoms with Gasteiger partial charge in [0, 0.05) is 25.3 Å². The van der Waals surface area contributed by atoms with Gasteiger partial charge in [0.15, 0.2) is 0 Å². The van der Waals surface area contributed by atoms with Gasteiger partial charge in [-0.2, -0.15) is 5.10 Å². The van der Waals surface area contributed by atoms with Crippen LogP contribution in [0.2, 0.25) is 0 Å². The van der Waals surface area contributed by atoms with Crippen molar-refractivity contribution in [3.05, 3.63) is 12.4 Å². The first-order valence-corrected chi connectivity index (χ1v) is 7.66. The Morgan fingerprint density at radius 1 is 1.30 bits per heavy atom. The van der Waals surface area contributed by atoms with E-state index >= 15 is 0 Å². The number of anilines is 1. The Bertz CT molecular complexity index is 374. The molecule has 5 heteroatoms. The fraction of sp³-hybridized carbons (Fsp3) is 0.800. The standard InChI is InChI=1S/C15H30N4O/c1-5-14(6-2)18(8-12(3)4)10-15(20)11-19-9-13(16)7-17-19/h7,9,12,14-15,20H,5-6,8,10-11,16H2,1-4H3. The molecule has 0 aliphatic rings. The summed E-state index contributed by atoms with van der Waals surface area (Å²) in [5.41, 5.74) is 6.27. The predicted octanol–water partition coefficient (Wildman–Crippen LogP) is 1.97. The van der Waals surface area contributed by atoms with E-state index in [1.54, 1.807) is 17.1 Å². The Hall–Kier alpha value is -1.07. The van der Waals surface area contributed by atoms with E-state index in [1.807, 2.05) is 0 Å². The van der Waals surface area contributed by atoms with Gasteiger partial charge >= 0.3 is 0 Å². The number of rotatable bonds is 9. The van der Waals surface area contributed by atoms with Gasteiger partial charge in [0.05, 0.1) is 24.5 Å². The SMILES string of the molecule is CCC(CC)N(CC(C)C)CC(O)Cn1cc(N)cn1. The molecule has 0 radical (unpaired) electrons. The van der Waals surface area contributed by atoms with Crippen molar-refractivity contribution in [1.29, 1.82) is 0 Å². The van der Waals surface area contributed by atoms with Crippen LogP contribution >= 0.6 is 0 Å². The Labute approximate surface area is 122 Å². The number of hydrogen-bond acceptors (Lipinski definition) is 4. The first-order valence-electron chi connectivity index (χ1n) is 7.66. The second kappa shape index (κ2) is 8.27. The van der Waals surface area contributed by atoms with Gasteiger partial charge in [-0.25, -0.2) is 0 Å². The monoisotopic (exact) mass is 282 g/mol. The molecule has 5 nitrogen and oxygen atoms in total. The third kappa shape index (κ3) is 5.51. The smallest absolute Gasteiger partial charge is 0.0862 e. The van der Waals surface area contributed by atoms with Gasteiger partial charge in [0.1, 0.15) is 0 Å². The fourth-order valence-electron chi connectivity index (χ4n) is 2.67. The minimum atomic E-state index is -0.423. The number of aromatic nitrogens is 2. The van der Waals surface area contributed by atoms with Crippen molar-refractivity contribution in [3.63, 3.8) is 0 Å². The first-order chi connectivity index (χ1) is 9.46. The van der Waals surface area contributed by atoms with Crippen LogP contribution < -0.4 is 5.73 Å².